The standard InChI is InChI=1S/C26H33NO5/c1-27(2)17-21(32-26(30)23-13-8-12-22(23)25(28)29)18-31-24-14-7-6-11-20(24)16-15-19-9-4-3-5-10-19/h3-7,9-11,14,21-23H,8,12-13,15-18H2,1-2H3,(H,28,29). The van der Waals surface area contributed by atoms with Gasteiger partial charge in [0.15, 0.2) is 0 Å². The Morgan fingerprint density at radius 2 is 1.69 bits per heavy atom. The van der Waals surface area contributed by atoms with Gasteiger partial charge in [-0.2, -0.15) is 0 Å². The van der Waals surface area contributed by atoms with Crippen LogP contribution in [0.2, 0.25) is 0 Å². The highest BCUT2D eigenvalue weighted by Gasteiger charge is 2.39. The number of likely N-dealkylation sites (N-methyl/N-ethyl adjacent to an activating group) is 1. The van der Waals surface area contributed by atoms with Crippen molar-refractivity contribution in [2.75, 3.05) is 27.2 Å². The van der Waals surface area contributed by atoms with Crippen LogP contribution in [-0.2, 0) is 27.2 Å². The summed E-state index contributed by atoms with van der Waals surface area (Å²) < 4.78 is 11.9. The molecule has 3 atom stereocenters. The van der Waals surface area contributed by atoms with Gasteiger partial charge in [0.05, 0.1) is 11.8 Å². The summed E-state index contributed by atoms with van der Waals surface area (Å²) in [5, 5.41) is 9.39. The minimum atomic E-state index is -0.919. The fraction of sp³-hybridized carbons (Fsp3) is 0.462. The maximum atomic E-state index is 12.7. The fourth-order valence-corrected chi connectivity index (χ4v) is 4.28. The van der Waals surface area contributed by atoms with Crippen LogP contribution in [0.4, 0.5) is 0 Å². The molecular weight excluding hydrogens is 406 g/mol. The molecule has 3 rings (SSSR count). The van der Waals surface area contributed by atoms with Crippen molar-refractivity contribution in [1.29, 1.82) is 0 Å². The molecule has 3 unspecified atom stereocenters. The average Bonchev–Trinajstić information content (AvgIpc) is 3.27. The number of carbonyl (C=O) groups is 2. The van der Waals surface area contributed by atoms with Crippen molar-refractivity contribution in [3.05, 3.63) is 65.7 Å². The smallest absolute Gasteiger partial charge is 0.310 e. The maximum absolute atomic E-state index is 12.7. The molecule has 1 aliphatic carbocycles. The molecule has 1 N–H and O–H groups in total. The van der Waals surface area contributed by atoms with Crippen molar-refractivity contribution < 1.29 is 24.2 Å². The van der Waals surface area contributed by atoms with Crippen LogP contribution in [-0.4, -0.2) is 55.3 Å². The van der Waals surface area contributed by atoms with Crippen LogP contribution in [0, 0.1) is 11.8 Å². The third-order valence-electron chi connectivity index (χ3n) is 5.91. The second-order valence-corrected chi connectivity index (χ2v) is 8.71. The molecule has 2 aromatic rings. The Hall–Kier alpha value is -2.86. The number of ether oxygens (including phenoxy) is 2. The van der Waals surface area contributed by atoms with Crippen LogP contribution in [0.3, 0.4) is 0 Å². The van der Waals surface area contributed by atoms with E-state index in [2.05, 4.69) is 18.2 Å². The largest absolute Gasteiger partial charge is 0.489 e. The van der Waals surface area contributed by atoms with Gasteiger partial charge in [-0.05, 0) is 57.0 Å². The number of benzene rings is 2. The van der Waals surface area contributed by atoms with E-state index in [9.17, 15) is 14.7 Å². The Morgan fingerprint density at radius 1 is 1.00 bits per heavy atom. The molecule has 0 amide bonds. The van der Waals surface area contributed by atoms with E-state index in [1.807, 2.05) is 55.4 Å². The highest BCUT2D eigenvalue weighted by atomic mass is 16.6. The second-order valence-electron chi connectivity index (χ2n) is 8.71. The summed E-state index contributed by atoms with van der Waals surface area (Å²) >= 11 is 0. The van der Waals surface area contributed by atoms with Crippen LogP contribution in [0.1, 0.15) is 30.4 Å². The first-order valence-electron chi connectivity index (χ1n) is 11.3. The van der Waals surface area contributed by atoms with Crippen LogP contribution in [0.5, 0.6) is 5.75 Å². The summed E-state index contributed by atoms with van der Waals surface area (Å²) in [7, 11) is 3.81. The Balaban J connectivity index is 1.61. The molecule has 6 heteroatoms. The zero-order chi connectivity index (χ0) is 22.9. The summed E-state index contributed by atoms with van der Waals surface area (Å²) in [4.78, 5) is 26.1. The Morgan fingerprint density at radius 3 is 2.41 bits per heavy atom. The number of carboxylic acids is 1. The Labute approximate surface area is 190 Å². The molecule has 6 nitrogen and oxygen atoms in total. The van der Waals surface area contributed by atoms with E-state index in [1.165, 1.54) is 5.56 Å². The van der Waals surface area contributed by atoms with E-state index in [0.717, 1.165) is 30.6 Å². The minimum absolute atomic E-state index is 0.219. The maximum Gasteiger partial charge on any atom is 0.310 e. The van der Waals surface area contributed by atoms with Gasteiger partial charge in [0.1, 0.15) is 18.5 Å². The number of carboxylic acid groups (broad SMARTS) is 1. The highest BCUT2D eigenvalue weighted by molar-refractivity contribution is 5.81. The lowest BCUT2D eigenvalue weighted by atomic mass is 9.96. The van der Waals surface area contributed by atoms with Crippen molar-refractivity contribution in [3.63, 3.8) is 0 Å². The molecule has 1 saturated carbocycles. The number of nitrogens with zero attached hydrogens (tertiary/aromatic N) is 1. The van der Waals surface area contributed by atoms with Gasteiger partial charge in [-0.1, -0.05) is 55.0 Å². The van der Waals surface area contributed by atoms with Crippen molar-refractivity contribution >= 4 is 11.9 Å². The SMILES string of the molecule is CN(C)CC(COc1ccccc1CCc1ccccc1)OC(=O)C1CCCC1C(=O)O. The van der Waals surface area contributed by atoms with Crippen molar-refractivity contribution in [3.8, 4) is 5.75 Å². The monoisotopic (exact) mass is 439 g/mol. The molecule has 0 saturated heterocycles. The summed E-state index contributed by atoms with van der Waals surface area (Å²) in [6, 6.07) is 18.2. The number of aliphatic carboxylic acids is 1. The normalized spacial score (nSPS) is 19.0. The third-order valence-corrected chi connectivity index (χ3v) is 5.91. The first-order chi connectivity index (χ1) is 15.4. The topological polar surface area (TPSA) is 76.1 Å². The van der Waals surface area contributed by atoms with Crippen molar-refractivity contribution in [1.82, 2.24) is 4.90 Å². The quantitative estimate of drug-likeness (QED) is 0.537. The number of para-hydroxylation sites is 1. The molecule has 1 fully saturated rings. The highest BCUT2D eigenvalue weighted by Crippen LogP contribution is 2.33. The van der Waals surface area contributed by atoms with Gasteiger partial charge in [0.2, 0.25) is 0 Å². The Bertz CT molecular complexity index is 883. The minimum Gasteiger partial charge on any atom is -0.489 e. The van der Waals surface area contributed by atoms with Crippen molar-refractivity contribution in [2.45, 2.75) is 38.2 Å². The predicted octanol–water partition coefficient (Wildman–Crippen LogP) is 3.82. The molecule has 0 aromatic heterocycles. The van der Waals surface area contributed by atoms with E-state index >= 15 is 0 Å². The van der Waals surface area contributed by atoms with Gasteiger partial charge in [-0.25, -0.2) is 0 Å². The van der Waals surface area contributed by atoms with Gasteiger partial charge in [-0.3, -0.25) is 9.59 Å². The number of hydrogen-bond donors (Lipinski definition) is 1. The molecule has 32 heavy (non-hydrogen) atoms. The number of esters is 1. The molecule has 172 valence electrons. The number of carbonyl (C=O) groups excluding carboxylic acids is 1. The van der Waals surface area contributed by atoms with E-state index in [-0.39, 0.29) is 6.61 Å². The molecule has 1 aliphatic rings. The fourth-order valence-electron chi connectivity index (χ4n) is 4.28. The lowest BCUT2D eigenvalue weighted by Crippen LogP contribution is -2.38. The summed E-state index contributed by atoms with van der Waals surface area (Å²) in [6.45, 7) is 0.721. The Kier molecular flexibility index (Phi) is 8.68. The van der Waals surface area contributed by atoms with E-state index in [4.69, 9.17) is 9.47 Å². The average molecular weight is 440 g/mol. The summed E-state index contributed by atoms with van der Waals surface area (Å²) in [5.41, 5.74) is 2.37. The molecule has 2 aromatic carbocycles. The second kappa shape index (κ2) is 11.7. The predicted molar refractivity (Wildman–Crippen MR) is 123 cm³/mol. The van der Waals surface area contributed by atoms with Crippen LogP contribution >= 0.6 is 0 Å². The number of hydrogen-bond acceptors (Lipinski definition) is 5. The molecule has 0 aliphatic heterocycles. The van der Waals surface area contributed by atoms with Gasteiger partial charge in [0.25, 0.3) is 0 Å². The van der Waals surface area contributed by atoms with Gasteiger partial charge in [-0.15, -0.1) is 0 Å². The van der Waals surface area contributed by atoms with Crippen molar-refractivity contribution in [2.24, 2.45) is 11.8 Å². The van der Waals surface area contributed by atoms with E-state index in [1.54, 1.807) is 0 Å². The first kappa shape index (κ1) is 23.8. The van der Waals surface area contributed by atoms with Crippen LogP contribution in [0.25, 0.3) is 0 Å². The van der Waals surface area contributed by atoms with Gasteiger partial charge < -0.3 is 19.5 Å². The molecule has 0 bridgehead atoms. The summed E-state index contributed by atoms with van der Waals surface area (Å²) in [5.74, 6) is -1.79. The van der Waals surface area contributed by atoms with E-state index < -0.39 is 29.9 Å². The zero-order valence-corrected chi connectivity index (χ0v) is 18.9. The molecular formula is C26H33NO5. The molecule has 0 heterocycles. The lowest BCUT2D eigenvalue weighted by Gasteiger charge is -2.24. The molecule has 0 spiro atoms. The number of rotatable bonds is 11. The van der Waals surface area contributed by atoms with Gasteiger partial charge >= 0.3 is 11.9 Å². The third kappa shape index (κ3) is 6.82. The van der Waals surface area contributed by atoms with E-state index in [0.29, 0.717) is 19.4 Å². The first-order valence-corrected chi connectivity index (χ1v) is 11.3. The van der Waals surface area contributed by atoms with Crippen LogP contribution in [0.15, 0.2) is 54.6 Å². The number of aryl methyl sites for hydroxylation is 2. The van der Waals surface area contributed by atoms with Crippen LogP contribution < -0.4 is 4.74 Å². The summed E-state index contributed by atoms with van der Waals surface area (Å²) in [6.07, 6.45) is 3.11. The lowest BCUT2D eigenvalue weighted by molar-refractivity contribution is -0.162. The van der Waals surface area contributed by atoms with Gasteiger partial charge in [0, 0.05) is 6.54 Å². The zero-order valence-electron chi connectivity index (χ0n) is 18.9. The molecule has 0 radical (unpaired) electrons.